The van der Waals surface area contributed by atoms with Crippen LogP contribution in [0.25, 0.3) is 0 Å². The largest absolute Gasteiger partial charge is 0.326 e. The normalized spacial score (nSPS) is 16.7. The maximum atomic E-state index is 13.2. The summed E-state index contributed by atoms with van der Waals surface area (Å²) in [7, 11) is 0. The number of thiocarbonyl (C=S) groups is 2. The van der Waals surface area contributed by atoms with Gasteiger partial charge in [0, 0.05) is 47.4 Å². The highest BCUT2D eigenvalue weighted by Gasteiger charge is 2.41. The lowest BCUT2D eigenvalue weighted by atomic mass is 10.1. The van der Waals surface area contributed by atoms with E-state index in [9.17, 15) is 19.2 Å². The number of halogens is 2. The van der Waals surface area contributed by atoms with Crippen LogP contribution in [0.15, 0.2) is 58.3 Å². The fraction of sp³-hybridized carbons (Fsp3) is 0.333. The van der Waals surface area contributed by atoms with Gasteiger partial charge in [0.1, 0.15) is 8.64 Å². The lowest BCUT2D eigenvalue weighted by Gasteiger charge is -2.14. The van der Waals surface area contributed by atoms with Crippen LogP contribution in [0.2, 0.25) is 10.0 Å². The van der Waals surface area contributed by atoms with Crippen molar-refractivity contribution >= 4 is 115 Å². The van der Waals surface area contributed by atoms with Crippen LogP contribution < -0.4 is 10.6 Å². The summed E-state index contributed by atoms with van der Waals surface area (Å²) in [4.78, 5) is 54.4. The number of unbranched alkanes of at least 4 members (excludes halogenated alkanes) is 4. The van der Waals surface area contributed by atoms with Gasteiger partial charge in [-0.25, -0.2) is 0 Å². The van der Waals surface area contributed by atoms with E-state index in [0.717, 1.165) is 36.4 Å². The van der Waals surface area contributed by atoms with Gasteiger partial charge < -0.3 is 10.6 Å². The molecule has 0 aliphatic carbocycles. The molecule has 2 saturated heterocycles. The topological polar surface area (TPSA) is 98.8 Å². The first-order chi connectivity index (χ1) is 21.1. The lowest BCUT2D eigenvalue weighted by Crippen LogP contribution is -2.31. The lowest BCUT2D eigenvalue weighted by molar-refractivity contribution is -0.124. The third kappa shape index (κ3) is 9.76. The van der Waals surface area contributed by atoms with Crippen LogP contribution in [-0.4, -0.2) is 55.2 Å². The predicted octanol–water partition coefficient (Wildman–Crippen LogP) is 7.62. The Labute approximate surface area is 285 Å². The van der Waals surface area contributed by atoms with Crippen LogP contribution in [0, 0.1) is 0 Å². The summed E-state index contributed by atoms with van der Waals surface area (Å²) in [6, 6.07) is 14.0. The maximum absolute atomic E-state index is 13.2. The predicted molar refractivity (Wildman–Crippen MR) is 188 cm³/mol. The van der Waals surface area contributed by atoms with E-state index in [1.165, 1.54) is 9.80 Å². The highest BCUT2D eigenvalue weighted by Crippen LogP contribution is 2.42. The van der Waals surface area contributed by atoms with Gasteiger partial charge in [-0.05, 0) is 62.1 Å². The molecule has 2 aromatic carbocycles. The van der Waals surface area contributed by atoms with E-state index in [2.05, 4.69) is 10.6 Å². The van der Waals surface area contributed by atoms with Gasteiger partial charge >= 0.3 is 0 Å². The molecule has 2 aromatic rings. The van der Waals surface area contributed by atoms with Crippen LogP contribution in [0.5, 0.6) is 0 Å². The van der Waals surface area contributed by atoms with Crippen LogP contribution in [0.3, 0.4) is 0 Å². The molecule has 8 nitrogen and oxygen atoms in total. The van der Waals surface area contributed by atoms with Gasteiger partial charge in [0.15, 0.2) is 0 Å². The van der Waals surface area contributed by atoms with E-state index in [4.69, 9.17) is 47.6 Å². The summed E-state index contributed by atoms with van der Waals surface area (Å²) in [6.45, 7) is 0.824. The summed E-state index contributed by atoms with van der Waals surface area (Å²) in [6.07, 6.45) is 4.83. The third-order valence-electron chi connectivity index (χ3n) is 6.69. The number of nitrogens with one attached hydrogen (secondary N) is 2. The molecule has 0 aromatic heterocycles. The number of thioether (sulfide) groups is 2. The average molecular weight is 710 g/mol. The molecule has 0 bridgehead atoms. The Hall–Kier alpha value is -2.48. The SMILES string of the molecule is O=C(CCCCCN1C(=O)/C(=C2\SC(=S)N(CCCCCC(=O)Nc3cccc(Cl)c3)C2=O)SC1=S)Nc1cccc(Cl)c1. The second-order valence-corrected chi connectivity index (χ2v) is 14.2. The fourth-order valence-corrected chi connectivity index (χ4v) is 7.65. The van der Waals surface area contributed by atoms with Crippen LogP contribution in [-0.2, 0) is 19.2 Å². The molecule has 0 spiro atoms. The number of rotatable bonds is 14. The van der Waals surface area contributed by atoms with Crippen molar-refractivity contribution < 1.29 is 19.2 Å². The summed E-state index contributed by atoms with van der Waals surface area (Å²) in [5, 5.41) is 6.75. The smallest absolute Gasteiger partial charge is 0.267 e. The Kier molecular flexibility index (Phi) is 13.1. The second-order valence-electron chi connectivity index (χ2n) is 10.0. The van der Waals surface area contributed by atoms with Gasteiger partial charge in [0.2, 0.25) is 11.8 Å². The molecule has 2 fully saturated rings. The highest BCUT2D eigenvalue weighted by atomic mass is 35.5. The highest BCUT2D eigenvalue weighted by molar-refractivity contribution is 8.29. The number of carbonyl (C=O) groups is 4. The van der Waals surface area contributed by atoms with Crippen molar-refractivity contribution in [3.8, 4) is 0 Å². The number of anilines is 2. The molecule has 0 atom stereocenters. The molecule has 2 heterocycles. The van der Waals surface area contributed by atoms with E-state index in [1.54, 1.807) is 48.5 Å². The molecule has 4 rings (SSSR count). The van der Waals surface area contributed by atoms with E-state index in [0.29, 0.717) is 91.5 Å². The molecule has 0 radical (unpaired) electrons. The van der Waals surface area contributed by atoms with Crippen molar-refractivity contribution in [2.45, 2.75) is 51.4 Å². The summed E-state index contributed by atoms with van der Waals surface area (Å²) < 4.78 is 0.815. The number of carbonyl (C=O) groups excluding carboxylic acids is 4. The minimum Gasteiger partial charge on any atom is -0.326 e. The van der Waals surface area contributed by atoms with E-state index < -0.39 is 0 Å². The molecule has 2 N–H and O–H groups in total. The zero-order valence-corrected chi connectivity index (χ0v) is 28.4. The third-order valence-corrected chi connectivity index (χ3v) is 10.2. The number of hydrogen-bond donors (Lipinski definition) is 2. The monoisotopic (exact) mass is 708 g/mol. The first kappa shape index (κ1) is 34.4. The van der Waals surface area contributed by atoms with Gasteiger partial charge in [-0.1, -0.05) is 96.1 Å². The number of hydrogen-bond acceptors (Lipinski definition) is 8. The second kappa shape index (κ2) is 16.7. The number of nitrogens with zero attached hydrogens (tertiary/aromatic N) is 2. The molecule has 0 saturated carbocycles. The Bertz CT molecular complexity index is 1390. The molecule has 0 unspecified atom stereocenters. The first-order valence-corrected chi connectivity index (χ1v) is 17.3. The Balaban J connectivity index is 1.17. The van der Waals surface area contributed by atoms with E-state index in [1.807, 2.05) is 0 Å². The summed E-state index contributed by atoms with van der Waals surface area (Å²) >= 11 is 25.1. The van der Waals surface area contributed by atoms with Gasteiger partial charge in [-0.2, -0.15) is 0 Å². The average Bonchev–Trinajstić information content (AvgIpc) is 3.41. The molecule has 2 aliphatic rings. The van der Waals surface area contributed by atoms with E-state index >= 15 is 0 Å². The minimum atomic E-state index is -0.287. The Morgan fingerprint density at radius 1 is 0.659 bits per heavy atom. The van der Waals surface area contributed by atoms with Crippen molar-refractivity contribution in [2.75, 3.05) is 23.7 Å². The van der Waals surface area contributed by atoms with E-state index in [-0.39, 0.29) is 23.6 Å². The molecule has 232 valence electrons. The molecule has 2 aliphatic heterocycles. The molecule has 44 heavy (non-hydrogen) atoms. The maximum Gasteiger partial charge on any atom is 0.267 e. The Morgan fingerprint density at radius 3 is 1.45 bits per heavy atom. The molecule has 14 heteroatoms. The zero-order valence-electron chi connectivity index (χ0n) is 23.6. The van der Waals surface area contributed by atoms with Crippen molar-refractivity contribution in [2.24, 2.45) is 0 Å². The van der Waals surface area contributed by atoms with Gasteiger partial charge in [-0.15, -0.1) is 0 Å². The van der Waals surface area contributed by atoms with Gasteiger partial charge in [0.05, 0.1) is 9.81 Å². The minimum absolute atomic E-state index is 0.0979. The van der Waals surface area contributed by atoms with Crippen LogP contribution in [0.4, 0.5) is 11.4 Å². The zero-order chi connectivity index (χ0) is 31.6. The van der Waals surface area contributed by atoms with Gasteiger partial charge in [-0.3, -0.25) is 29.0 Å². The first-order valence-electron chi connectivity index (χ1n) is 14.0. The quantitative estimate of drug-likeness (QED) is 0.118. The van der Waals surface area contributed by atoms with Crippen molar-refractivity contribution in [3.05, 3.63) is 68.4 Å². The number of amides is 4. The summed E-state index contributed by atoms with van der Waals surface area (Å²) in [5.41, 5.74) is 1.31. The molecular formula is C30H30Cl2N4O4S4. The van der Waals surface area contributed by atoms with Crippen molar-refractivity contribution in [1.82, 2.24) is 9.80 Å². The standard InChI is InChI=1S/C30H30Cl2N4O4S4/c31-19-9-7-11-21(17-19)33-23(37)13-3-1-5-15-35-27(39)25(43-29(35)41)26-28(40)36(30(42)44-26)16-6-2-4-14-24(38)34-22-12-8-10-20(32)18-22/h7-12,17-18H,1-6,13-16H2,(H,33,37)(H,34,38)/b26-25+. The summed E-state index contributed by atoms with van der Waals surface area (Å²) in [5.74, 6) is -0.770. The van der Waals surface area contributed by atoms with Crippen molar-refractivity contribution in [3.63, 3.8) is 0 Å². The molecule has 4 amide bonds. The van der Waals surface area contributed by atoms with Crippen LogP contribution in [0.1, 0.15) is 51.4 Å². The Morgan fingerprint density at radius 2 is 1.07 bits per heavy atom. The number of benzene rings is 2. The van der Waals surface area contributed by atoms with Gasteiger partial charge in [0.25, 0.3) is 11.8 Å². The fourth-order valence-electron chi connectivity index (χ4n) is 4.50. The van der Waals surface area contributed by atoms with Crippen molar-refractivity contribution in [1.29, 1.82) is 0 Å². The molecular weight excluding hydrogens is 680 g/mol. The van der Waals surface area contributed by atoms with Crippen LogP contribution >= 0.6 is 71.2 Å².